The molecule has 1 aliphatic carbocycles. The van der Waals surface area contributed by atoms with E-state index in [9.17, 15) is 0 Å². The maximum Gasteiger partial charge on any atom is 0.0951 e. The largest absolute Gasteiger partial charge is 0.330 e. The van der Waals surface area contributed by atoms with Gasteiger partial charge in [-0.1, -0.05) is 26.7 Å². The molecule has 0 radical (unpaired) electrons. The van der Waals surface area contributed by atoms with Gasteiger partial charge in [0.15, 0.2) is 0 Å². The van der Waals surface area contributed by atoms with Crippen LogP contribution in [0.25, 0.3) is 0 Å². The fraction of sp³-hybridized carbons (Fsp3) is 0.812. The van der Waals surface area contributed by atoms with Crippen molar-refractivity contribution in [2.24, 2.45) is 11.8 Å². The molecular formula is C16H29N3. The Hall–Kier alpha value is -0.830. The number of nitrogens with zero attached hydrogens (tertiary/aromatic N) is 2. The van der Waals surface area contributed by atoms with Crippen LogP contribution in [-0.2, 0) is 6.54 Å². The summed E-state index contributed by atoms with van der Waals surface area (Å²) in [6, 6.07) is 0.628. The van der Waals surface area contributed by atoms with Gasteiger partial charge in [0.1, 0.15) is 0 Å². The first-order valence-electron chi connectivity index (χ1n) is 7.64. The second kappa shape index (κ2) is 5.66. The minimum absolute atomic E-state index is 0.153. The van der Waals surface area contributed by atoms with Crippen LogP contribution >= 0.6 is 0 Å². The number of aromatic nitrogens is 2. The first-order valence-corrected chi connectivity index (χ1v) is 7.64. The van der Waals surface area contributed by atoms with Crippen LogP contribution in [0.4, 0.5) is 0 Å². The number of rotatable bonds is 3. The van der Waals surface area contributed by atoms with E-state index < -0.39 is 0 Å². The monoisotopic (exact) mass is 263 g/mol. The van der Waals surface area contributed by atoms with Crippen LogP contribution < -0.4 is 5.32 Å². The molecular weight excluding hydrogens is 234 g/mol. The number of nitrogens with one attached hydrogen (secondary N) is 1. The topological polar surface area (TPSA) is 29.9 Å². The zero-order valence-corrected chi connectivity index (χ0v) is 13.1. The lowest BCUT2D eigenvalue weighted by Crippen LogP contribution is -2.36. The summed E-state index contributed by atoms with van der Waals surface area (Å²) in [6.07, 6.45) is 8.07. The Labute approximate surface area is 117 Å². The lowest BCUT2D eigenvalue weighted by atomic mass is 9.78. The van der Waals surface area contributed by atoms with Crippen molar-refractivity contribution in [2.45, 2.75) is 72.0 Å². The van der Waals surface area contributed by atoms with E-state index in [0.29, 0.717) is 6.04 Å². The van der Waals surface area contributed by atoms with Crippen LogP contribution in [0.3, 0.4) is 0 Å². The molecule has 3 nitrogen and oxygen atoms in total. The van der Waals surface area contributed by atoms with E-state index in [2.05, 4.69) is 49.5 Å². The molecule has 19 heavy (non-hydrogen) atoms. The van der Waals surface area contributed by atoms with Crippen molar-refractivity contribution in [1.82, 2.24) is 14.9 Å². The molecule has 1 aromatic rings. The molecule has 1 heterocycles. The SMILES string of the molecule is CC1CCCC(n2cncc2CNC(C)(C)C)C1C. The normalized spacial score (nSPS) is 28.6. The molecule has 3 heteroatoms. The van der Waals surface area contributed by atoms with Gasteiger partial charge < -0.3 is 9.88 Å². The molecule has 108 valence electrons. The average Bonchev–Trinajstić information content (AvgIpc) is 2.77. The van der Waals surface area contributed by atoms with E-state index in [1.165, 1.54) is 25.0 Å². The van der Waals surface area contributed by atoms with Crippen LogP contribution in [0.15, 0.2) is 12.5 Å². The zero-order valence-electron chi connectivity index (χ0n) is 13.1. The van der Waals surface area contributed by atoms with Gasteiger partial charge in [-0.15, -0.1) is 0 Å². The van der Waals surface area contributed by atoms with Crippen molar-refractivity contribution in [3.05, 3.63) is 18.2 Å². The summed E-state index contributed by atoms with van der Waals surface area (Å²) in [5, 5.41) is 3.57. The highest BCUT2D eigenvalue weighted by Crippen LogP contribution is 2.38. The van der Waals surface area contributed by atoms with Gasteiger partial charge in [-0.3, -0.25) is 0 Å². The number of hydrogen-bond acceptors (Lipinski definition) is 2. The molecule has 0 aromatic carbocycles. The quantitative estimate of drug-likeness (QED) is 0.899. The first-order chi connectivity index (χ1) is 8.88. The molecule has 3 atom stereocenters. The van der Waals surface area contributed by atoms with Crippen LogP contribution in [0.2, 0.25) is 0 Å². The van der Waals surface area contributed by atoms with Gasteiger partial charge in [0.2, 0.25) is 0 Å². The number of hydrogen-bond donors (Lipinski definition) is 1. The molecule has 0 spiro atoms. The molecule has 0 bridgehead atoms. The van der Waals surface area contributed by atoms with Gasteiger partial charge >= 0.3 is 0 Å². The minimum atomic E-state index is 0.153. The molecule has 1 saturated carbocycles. The Morgan fingerprint density at radius 2 is 2.05 bits per heavy atom. The maximum absolute atomic E-state index is 4.38. The Bertz CT molecular complexity index is 402. The smallest absolute Gasteiger partial charge is 0.0951 e. The summed E-state index contributed by atoms with van der Waals surface area (Å²) >= 11 is 0. The fourth-order valence-electron chi connectivity index (χ4n) is 3.07. The molecule has 1 fully saturated rings. The lowest BCUT2D eigenvalue weighted by Gasteiger charge is -2.36. The number of imidazole rings is 1. The summed E-state index contributed by atoms with van der Waals surface area (Å²) in [7, 11) is 0. The highest BCUT2D eigenvalue weighted by Gasteiger charge is 2.29. The van der Waals surface area contributed by atoms with Gasteiger partial charge in [0.25, 0.3) is 0 Å². The summed E-state index contributed by atoms with van der Waals surface area (Å²) in [4.78, 5) is 4.38. The van der Waals surface area contributed by atoms with Gasteiger partial charge in [-0.2, -0.15) is 0 Å². The minimum Gasteiger partial charge on any atom is -0.330 e. The zero-order chi connectivity index (χ0) is 14.0. The molecule has 2 rings (SSSR count). The van der Waals surface area contributed by atoms with Crippen molar-refractivity contribution in [2.75, 3.05) is 0 Å². The third kappa shape index (κ3) is 3.59. The van der Waals surface area contributed by atoms with E-state index in [-0.39, 0.29) is 5.54 Å². The first kappa shape index (κ1) is 14.6. The van der Waals surface area contributed by atoms with Gasteiger partial charge in [0.05, 0.1) is 12.0 Å². The Balaban J connectivity index is 2.10. The molecule has 1 aromatic heterocycles. The van der Waals surface area contributed by atoms with Crippen molar-refractivity contribution in [3.63, 3.8) is 0 Å². The molecule has 0 aliphatic heterocycles. The third-order valence-corrected chi connectivity index (χ3v) is 4.57. The predicted molar refractivity (Wildman–Crippen MR) is 80.0 cm³/mol. The Morgan fingerprint density at radius 1 is 1.32 bits per heavy atom. The Kier molecular flexibility index (Phi) is 4.34. The summed E-state index contributed by atoms with van der Waals surface area (Å²) in [5.41, 5.74) is 1.47. The molecule has 0 saturated heterocycles. The van der Waals surface area contributed by atoms with E-state index in [0.717, 1.165) is 18.4 Å². The molecule has 0 amide bonds. The van der Waals surface area contributed by atoms with E-state index in [1.54, 1.807) is 0 Å². The fourth-order valence-corrected chi connectivity index (χ4v) is 3.07. The van der Waals surface area contributed by atoms with Crippen molar-refractivity contribution in [3.8, 4) is 0 Å². The van der Waals surface area contributed by atoms with Gasteiger partial charge in [-0.05, 0) is 39.0 Å². The highest BCUT2D eigenvalue weighted by atomic mass is 15.1. The molecule has 1 aliphatic rings. The molecule has 3 unspecified atom stereocenters. The van der Waals surface area contributed by atoms with E-state index in [4.69, 9.17) is 0 Å². The van der Waals surface area contributed by atoms with Gasteiger partial charge in [-0.25, -0.2) is 4.98 Å². The maximum atomic E-state index is 4.38. The standard InChI is InChI=1S/C16H29N3/c1-12-7-6-8-15(13(12)2)19-11-17-9-14(19)10-18-16(3,4)5/h9,11-13,15,18H,6-8,10H2,1-5H3. The highest BCUT2D eigenvalue weighted by molar-refractivity contribution is 5.02. The van der Waals surface area contributed by atoms with Crippen LogP contribution in [-0.4, -0.2) is 15.1 Å². The second-order valence-electron chi connectivity index (χ2n) is 7.23. The summed E-state index contributed by atoms with van der Waals surface area (Å²) in [6.45, 7) is 12.3. The van der Waals surface area contributed by atoms with E-state index in [1.807, 2.05) is 12.5 Å². The predicted octanol–water partition coefficient (Wildman–Crippen LogP) is 3.77. The average molecular weight is 263 g/mol. The van der Waals surface area contributed by atoms with Crippen molar-refractivity contribution >= 4 is 0 Å². The van der Waals surface area contributed by atoms with Crippen molar-refractivity contribution in [1.29, 1.82) is 0 Å². The summed E-state index contributed by atoms with van der Waals surface area (Å²) in [5.74, 6) is 1.57. The third-order valence-electron chi connectivity index (χ3n) is 4.57. The van der Waals surface area contributed by atoms with Crippen LogP contribution in [0, 0.1) is 11.8 Å². The Morgan fingerprint density at radius 3 is 2.74 bits per heavy atom. The lowest BCUT2D eigenvalue weighted by molar-refractivity contribution is 0.182. The van der Waals surface area contributed by atoms with Crippen molar-refractivity contribution < 1.29 is 0 Å². The summed E-state index contributed by atoms with van der Waals surface area (Å²) < 4.78 is 2.42. The van der Waals surface area contributed by atoms with Gasteiger partial charge in [0, 0.05) is 24.3 Å². The van der Waals surface area contributed by atoms with Crippen LogP contribution in [0.1, 0.15) is 65.6 Å². The molecule has 1 N–H and O–H groups in total. The van der Waals surface area contributed by atoms with Crippen LogP contribution in [0.5, 0.6) is 0 Å². The second-order valence-corrected chi connectivity index (χ2v) is 7.23. The van der Waals surface area contributed by atoms with E-state index >= 15 is 0 Å².